The van der Waals surface area contributed by atoms with E-state index in [0.717, 1.165) is 0 Å². The van der Waals surface area contributed by atoms with Gasteiger partial charge in [-0.3, -0.25) is 4.79 Å². The maximum absolute atomic E-state index is 13.6. The van der Waals surface area contributed by atoms with Crippen molar-refractivity contribution in [2.75, 3.05) is 12.3 Å². The molecular formula is C16H17FN2O2. The number of nitrogens with two attached hydrogens (primary N) is 1. The summed E-state index contributed by atoms with van der Waals surface area (Å²) in [5.74, 6) is -0.106. The molecule has 0 heterocycles. The van der Waals surface area contributed by atoms with Crippen molar-refractivity contribution in [1.82, 2.24) is 5.32 Å². The average Bonchev–Trinajstić information content (AvgIpc) is 2.47. The third-order valence-corrected chi connectivity index (χ3v) is 3.00. The van der Waals surface area contributed by atoms with E-state index in [-0.39, 0.29) is 18.3 Å². The van der Waals surface area contributed by atoms with Gasteiger partial charge in [-0.2, -0.15) is 0 Å². The highest BCUT2D eigenvalue weighted by molar-refractivity contribution is 5.78. The summed E-state index contributed by atoms with van der Waals surface area (Å²) >= 11 is 0. The van der Waals surface area contributed by atoms with Gasteiger partial charge in [0, 0.05) is 11.3 Å². The molecule has 2 rings (SSSR count). The number of hydrogen-bond donors (Lipinski definition) is 2. The van der Waals surface area contributed by atoms with Crippen LogP contribution in [0.15, 0.2) is 48.5 Å². The zero-order chi connectivity index (χ0) is 15.2. The van der Waals surface area contributed by atoms with Crippen LogP contribution in [0.4, 0.5) is 10.1 Å². The van der Waals surface area contributed by atoms with Crippen molar-refractivity contribution < 1.29 is 13.9 Å². The van der Waals surface area contributed by atoms with Crippen LogP contribution in [-0.4, -0.2) is 12.5 Å². The fraction of sp³-hybridized carbons (Fsp3) is 0.188. The van der Waals surface area contributed by atoms with Crippen molar-refractivity contribution in [1.29, 1.82) is 0 Å². The van der Waals surface area contributed by atoms with E-state index in [0.29, 0.717) is 17.0 Å². The van der Waals surface area contributed by atoms with Gasteiger partial charge in [0.25, 0.3) is 5.91 Å². The molecule has 0 aromatic heterocycles. The van der Waals surface area contributed by atoms with Crippen molar-refractivity contribution in [2.45, 2.75) is 13.0 Å². The fourth-order valence-electron chi connectivity index (χ4n) is 1.90. The monoisotopic (exact) mass is 288 g/mol. The fourth-order valence-corrected chi connectivity index (χ4v) is 1.90. The SMILES string of the molecule is CC(NC(=O)COc1ccc(N)cc1)c1ccccc1F. The van der Waals surface area contributed by atoms with Crippen LogP contribution < -0.4 is 15.8 Å². The Kier molecular flexibility index (Phi) is 4.77. The van der Waals surface area contributed by atoms with Crippen molar-refractivity contribution >= 4 is 11.6 Å². The van der Waals surface area contributed by atoms with E-state index < -0.39 is 6.04 Å². The maximum Gasteiger partial charge on any atom is 0.258 e. The Labute approximate surface area is 122 Å². The Balaban J connectivity index is 1.87. The number of nitrogen functional groups attached to an aromatic ring is 1. The molecule has 110 valence electrons. The highest BCUT2D eigenvalue weighted by atomic mass is 19.1. The van der Waals surface area contributed by atoms with Crippen LogP contribution in [0.2, 0.25) is 0 Å². The number of carbonyl (C=O) groups is 1. The predicted octanol–water partition coefficient (Wildman–Crippen LogP) is 2.66. The minimum Gasteiger partial charge on any atom is -0.484 e. The molecule has 4 nitrogen and oxygen atoms in total. The molecule has 0 saturated heterocycles. The number of nitrogens with one attached hydrogen (secondary N) is 1. The Morgan fingerprint density at radius 2 is 1.90 bits per heavy atom. The molecule has 0 fully saturated rings. The summed E-state index contributed by atoms with van der Waals surface area (Å²) in [5, 5.41) is 2.69. The van der Waals surface area contributed by atoms with E-state index in [9.17, 15) is 9.18 Å². The molecule has 1 unspecified atom stereocenters. The first-order valence-corrected chi connectivity index (χ1v) is 6.58. The van der Waals surface area contributed by atoms with E-state index >= 15 is 0 Å². The lowest BCUT2D eigenvalue weighted by Gasteiger charge is -2.15. The molecule has 0 bridgehead atoms. The minimum atomic E-state index is -0.422. The standard InChI is InChI=1S/C16H17FN2O2/c1-11(14-4-2-3-5-15(14)17)19-16(20)10-21-13-8-6-12(18)7-9-13/h2-9,11H,10,18H2,1H3,(H,19,20). The molecule has 0 aliphatic rings. The van der Waals surface area contributed by atoms with Gasteiger partial charge in [0.2, 0.25) is 0 Å². The number of halogens is 1. The predicted molar refractivity (Wildman–Crippen MR) is 79.3 cm³/mol. The van der Waals surface area contributed by atoms with E-state index in [1.54, 1.807) is 49.4 Å². The third-order valence-electron chi connectivity index (χ3n) is 3.00. The van der Waals surface area contributed by atoms with Gasteiger partial charge in [-0.25, -0.2) is 4.39 Å². The first-order valence-electron chi connectivity index (χ1n) is 6.58. The Morgan fingerprint density at radius 3 is 2.57 bits per heavy atom. The summed E-state index contributed by atoms with van der Waals surface area (Å²) in [4.78, 5) is 11.8. The number of anilines is 1. The molecule has 0 spiro atoms. The third kappa shape index (κ3) is 4.21. The summed E-state index contributed by atoms with van der Waals surface area (Å²) in [5.41, 5.74) is 6.62. The molecule has 1 atom stereocenters. The second kappa shape index (κ2) is 6.74. The van der Waals surface area contributed by atoms with E-state index in [1.165, 1.54) is 6.07 Å². The van der Waals surface area contributed by atoms with Crippen molar-refractivity contribution in [3.8, 4) is 5.75 Å². The van der Waals surface area contributed by atoms with Gasteiger partial charge in [-0.15, -0.1) is 0 Å². The number of hydrogen-bond acceptors (Lipinski definition) is 3. The topological polar surface area (TPSA) is 64.3 Å². The highest BCUT2D eigenvalue weighted by Gasteiger charge is 2.13. The van der Waals surface area contributed by atoms with Crippen molar-refractivity contribution in [2.24, 2.45) is 0 Å². The maximum atomic E-state index is 13.6. The van der Waals surface area contributed by atoms with Crippen LogP contribution in [-0.2, 0) is 4.79 Å². The molecule has 3 N–H and O–H groups in total. The van der Waals surface area contributed by atoms with E-state index in [1.807, 2.05) is 0 Å². The number of rotatable bonds is 5. The van der Waals surface area contributed by atoms with Crippen molar-refractivity contribution in [3.63, 3.8) is 0 Å². The molecule has 0 saturated carbocycles. The zero-order valence-corrected chi connectivity index (χ0v) is 11.7. The van der Waals surface area contributed by atoms with E-state index in [4.69, 9.17) is 10.5 Å². The van der Waals surface area contributed by atoms with Crippen LogP contribution in [0, 0.1) is 5.82 Å². The average molecular weight is 288 g/mol. The molecule has 2 aromatic rings. The zero-order valence-electron chi connectivity index (χ0n) is 11.7. The largest absolute Gasteiger partial charge is 0.484 e. The quantitative estimate of drug-likeness (QED) is 0.831. The van der Waals surface area contributed by atoms with Crippen LogP contribution in [0.25, 0.3) is 0 Å². The van der Waals surface area contributed by atoms with Crippen LogP contribution in [0.3, 0.4) is 0 Å². The van der Waals surface area contributed by atoms with Gasteiger partial charge < -0.3 is 15.8 Å². The normalized spacial score (nSPS) is 11.7. The lowest BCUT2D eigenvalue weighted by Crippen LogP contribution is -2.31. The van der Waals surface area contributed by atoms with E-state index in [2.05, 4.69) is 5.32 Å². The molecule has 0 aliphatic heterocycles. The van der Waals surface area contributed by atoms with Gasteiger partial charge in [0.1, 0.15) is 11.6 Å². The molecular weight excluding hydrogens is 271 g/mol. The van der Waals surface area contributed by atoms with Crippen LogP contribution >= 0.6 is 0 Å². The van der Waals surface area contributed by atoms with Gasteiger partial charge in [-0.05, 0) is 37.3 Å². The summed E-state index contributed by atoms with van der Waals surface area (Å²) in [6.45, 7) is 1.59. The molecule has 1 amide bonds. The lowest BCUT2D eigenvalue weighted by molar-refractivity contribution is -0.123. The minimum absolute atomic E-state index is 0.136. The first kappa shape index (κ1) is 14.8. The van der Waals surface area contributed by atoms with Crippen LogP contribution in [0.5, 0.6) is 5.75 Å². The molecule has 0 aliphatic carbocycles. The number of carbonyl (C=O) groups excluding carboxylic acids is 1. The first-order chi connectivity index (χ1) is 10.1. The number of ether oxygens (including phenoxy) is 1. The van der Waals surface area contributed by atoms with Crippen LogP contribution in [0.1, 0.15) is 18.5 Å². The summed E-state index contributed by atoms with van der Waals surface area (Å²) in [7, 11) is 0. The Morgan fingerprint density at radius 1 is 1.24 bits per heavy atom. The molecule has 21 heavy (non-hydrogen) atoms. The van der Waals surface area contributed by atoms with Crippen molar-refractivity contribution in [3.05, 3.63) is 59.9 Å². The highest BCUT2D eigenvalue weighted by Crippen LogP contribution is 2.16. The second-order valence-electron chi connectivity index (χ2n) is 4.67. The summed E-state index contributed by atoms with van der Waals surface area (Å²) < 4.78 is 18.9. The molecule has 0 radical (unpaired) electrons. The summed E-state index contributed by atoms with van der Waals surface area (Å²) in [6.07, 6.45) is 0. The van der Waals surface area contributed by atoms with Gasteiger partial charge >= 0.3 is 0 Å². The van der Waals surface area contributed by atoms with Gasteiger partial charge in [0.05, 0.1) is 6.04 Å². The summed E-state index contributed by atoms with van der Waals surface area (Å²) in [6, 6.07) is 12.7. The number of amides is 1. The molecule has 5 heteroatoms. The smallest absolute Gasteiger partial charge is 0.258 e. The lowest BCUT2D eigenvalue weighted by atomic mass is 10.1. The Hall–Kier alpha value is -2.56. The number of benzene rings is 2. The second-order valence-corrected chi connectivity index (χ2v) is 4.67. The Bertz CT molecular complexity index is 614. The van der Waals surface area contributed by atoms with Gasteiger partial charge in [-0.1, -0.05) is 18.2 Å². The van der Waals surface area contributed by atoms with Gasteiger partial charge in [0.15, 0.2) is 6.61 Å². The molecule has 2 aromatic carbocycles.